The van der Waals surface area contributed by atoms with Crippen molar-refractivity contribution >= 4 is 11.3 Å². The normalized spacial score (nSPS) is 16.6. The first-order valence-electron chi connectivity index (χ1n) is 5.58. The molecule has 1 aromatic heterocycles. The minimum atomic E-state index is -0.797. The average molecular weight is 240 g/mol. The molecule has 0 fully saturated rings. The molecule has 2 nitrogen and oxygen atoms in total. The van der Waals surface area contributed by atoms with Crippen molar-refractivity contribution in [3.05, 3.63) is 34.5 Å². The number of allylic oxidation sites excluding steroid dienone is 1. The molecule has 0 radical (unpaired) electrons. The molecule has 0 spiro atoms. The van der Waals surface area contributed by atoms with Gasteiger partial charge in [0.15, 0.2) is 0 Å². The van der Waals surface area contributed by atoms with E-state index in [1.807, 2.05) is 36.6 Å². The summed E-state index contributed by atoms with van der Waals surface area (Å²) < 4.78 is 0.866. The van der Waals surface area contributed by atoms with Crippen LogP contribution < -0.4 is 0 Å². The van der Waals surface area contributed by atoms with Gasteiger partial charge in [-0.25, -0.2) is 0 Å². The zero-order chi connectivity index (χ0) is 12.2. The Morgan fingerprint density at radius 2 is 2.12 bits per heavy atom. The highest BCUT2D eigenvalue weighted by Crippen LogP contribution is 2.31. The lowest BCUT2D eigenvalue weighted by atomic mass is 9.96. The van der Waals surface area contributed by atoms with Crippen molar-refractivity contribution < 1.29 is 9.59 Å². The number of thiophene rings is 1. The van der Waals surface area contributed by atoms with E-state index in [4.69, 9.17) is 0 Å². The summed E-state index contributed by atoms with van der Waals surface area (Å²) in [4.78, 5) is 1.03. The van der Waals surface area contributed by atoms with Crippen molar-refractivity contribution in [1.82, 2.24) is 0 Å². The number of nitrogens with zero attached hydrogens (tertiary/aromatic N) is 1. The molecule has 0 aliphatic heterocycles. The van der Waals surface area contributed by atoms with E-state index in [9.17, 15) is 5.11 Å². The van der Waals surface area contributed by atoms with Crippen molar-refractivity contribution in [3.8, 4) is 0 Å². The Labute approximate surface area is 102 Å². The van der Waals surface area contributed by atoms with Crippen LogP contribution in [-0.2, 0) is 5.60 Å². The zero-order valence-electron chi connectivity index (χ0n) is 10.6. The van der Waals surface area contributed by atoms with Crippen molar-refractivity contribution in [2.24, 2.45) is 0 Å². The fraction of sp³-hybridized carbons (Fsp3) is 0.538. The molecule has 90 valence electrons. The van der Waals surface area contributed by atoms with Gasteiger partial charge >= 0.3 is 0 Å². The molecule has 16 heavy (non-hydrogen) atoms. The lowest BCUT2D eigenvalue weighted by molar-refractivity contribution is -0.871. The molecule has 0 bridgehead atoms. The summed E-state index contributed by atoms with van der Waals surface area (Å²) in [6, 6.07) is 3.99. The minimum absolute atomic E-state index is 0.751. The Hall–Kier alpha value is -0.640. The topological polar surface area (TPSA) is 20.2 Å². The van der Waals surface area contributed by atoms with E-state index in [1.54, 1.807) is 11.3 Å². The monoisotopic (exact) mass is 240 g/mol. The molecule has 3 heteroatoms. The smallest absolute Gasteiger partial charge is 0.122 e. The van der Waals surface area contributed by atoms with Gasteiger partial charge in [0.2, 0.25) is 0 Å². The highest BCUT2D eigenvalue weighted by molar-refractivity contribution is 7.10. The minimum Gasteiger partial charge on any atom is -0.380 e. The quantitative estimate of drug-likeness (QED) is 0.619. The van der Waals surface area contributed by atoms with Gasteiger partial charge in [-0.05, 0) is 18.4 Å². The molecular formula is C13H22NOS+. The maximum Gasteiger partial charge on any atom is 0.122 e. The van der Waals surface area contributed by atoms with Gasteiger partial charge in [0.1, 0.15) is 5.60 Å². The first-order chi connectivity index (χ1) is 7.37. The molecule has 1 unspecified atom stereocenters. The standard InChI is InChI=1S/C13H22NOS/c1-5-8-13(15,9-10-14(2,3)4)12-7-6-11-16-12/h5-8,11,15H,9-10H2,1-4H3/q+1/b8-5+. The predicted octanol–water partition coefficient (Wildman–Crippen LogP) is 2.61. The SMILES string of the molecule is C/C=C/C(O)(CC[N+](C)(C)C)c1cccs1. The molecule has 1 heterocycles. The van der Waals surface area contributed by atoms with E-state index >= 15 is 0 Å². The highest BCUT2D eigenvalue weighted by Gasteiger charge is 2.29. The van der Waals surface area contributed by atoms with Gasteiger partial charge in [0, 0.05) is 11.3 Å². The summed E-state index contributed by atoms with van der Waals surface area (Å²) >= 11 is 1.61. The molecule has 1 N–H and O–H groups in total. The Bertz CT molecular complexity index is 337. The third-order valence-corrected chi connectivity index (χ3v) is 3.59. The summed E-state index contributed by atoms with van der Waals surface area (Å²) in [6.45, 7) is 2.89. The van der Waals surface area contributed by atoms with Gasteiger partial charge in [0.25, 0.3) is 0 Å². The first-order valence-corrected chi connectivity index (χ1v) is 6.46. The lowest BCUT2D eigenvalue weighted by Gasteiger charge is -2.30. The zero-order valence-corrected chi connectivity index (χ0v) is 11.4. The lowest BCUT2D eigenvalue weighted by Crippen LogP contribution is -2.39. The molecular weight excluding hydrogens is 218 g/mol. The number of quaternary nitrogens is 1. The largest absolute Gasteiger partial charge is 0.380 e. The van der Waals surface area contributed by atoms with Crippen LogP contribution >= 0.6 is 11.3 Å². The van der Waals surface area contributed by atoms with Gasteiger partial charge in [-0.15, -0.1) is 11.3 Å². The van der Waals surface area contributed by atoms with Crippen molar-refractivity contribution in [2.75, 3.05) is 27.7 Å². The third kappa shape index (κ3) is 3.74. The number of hydrogen-bond acceptors (Lipinski definition) is 2. The Morgan fingerprint density at radius 3 is 2.56 bits per heavy atom. The van der Waals surface area contributed by atoms with Crippen LogP contribution in [0.4, 0.5) is 0 Å². The maximum atomic E-state index is 10.6. The predicted molar refractivity (Wildman–Crippen MR) is 70.5 cm³/mol. The van der Waals surface area contributed by atoms with Crippen molar-refractivity contribution in [3.63, 3.8) is 0 Å². The molecule has 1 atom stereocenters. The van der Waals surface area contributed by atoms with Crippen molar-refractivity contribution in [2.45, 2.75) is 18.9 Å². The van der Waals surface area contributed by atoms with Crippen LogP contribution in [0.5, 0.6) is 0 Å². The highest BCUT2D eigenvalue weighted by atomic mass is 32.1. The van der Waals surface area contributed by atoms with Crippen LogP contribution in [0.3, 0.4) is 0 Å². The van der Waals surface area contributed by atoms with Crippen LogP contribution in [0.1, 0.15) is 18.2 Å². The maximum absolute atomic E-state index is 10.6. The molecule has 1 rings (SSSR count). The van der Waals surface area contributed by atoms with E-state index in [-0.39, 0.29) is 0 Å². The molecule has 0 saturated carbocycles. The molecule has 0 aliphatic rings. The summed E-state index contributed by atoms with van der Waals surface area (Å²) in [6.07, 6.45) is 4.57. The molecule has 0 aliphatic carbocycles. The molecule has 0 aromatic carbocycles. The fourth-order valence-electron chi connectivity index (χ4n) is 1.60. The van der Waals surface area contributed by atoms with Crippen LogP contribution in [0.2, 0.25) is 0 Å². The van der Waals surface area contributed by atoms with E-state index in [0.29, 0.717) is 0 Å². The van der Waals surface area contributed by atoms with Gasteiger partial charge in [-0.2, -0.15) is 0 Å². The molecule has 0 saturated heterocycles. The molecule has 1 aromatic rings. The second-order valence-corrected chi connectivity index (χ2v) is 6.11. The number of hydrogen-bond donors (Lipinski definition) is 1. The van der Waals surface area contributed by atoms with E-state index in [0.717, 1.165) is 22.3 Å². The summed E-state index contributed by atoms with van der Waals surface area (Å²) in [7, 11) is 6.43. The number of rotatable bonds is 5. The van der Waals surface area contributed by atoms with E-state index < -0.39 is 5.60 Å². The number of aliphatic hydroxyl groups is 1. The van der Waals surface area contributed by atoms with Gasteiger partial charge < -0.3 is 9.59 Å². The average Bonchev–Trinajstić information content (AvgIpc) is 2.67. The Kier molecular flexibility index (Phi) is 4.30. The van der Waals surface area contributed by atoms with Gasteiger partial charge in [-0.1, -0.05) is 18.2 Å². The van der Waals surface area contributed by atoms with E-state index in [2.05, 4.69) is 21.1 Å². The third-order valence-electron chi connectivity index (χ3n) is 2.55. The fourth-order valence-corrected chi connectivity index (χ4v) is 2.43. The first kappa shape index (κ1) is 13.4. The van der Waals surface area contributed by atoms with Crippen LogP contribution in [0.25, 0.3) is 0 Å². The summed E-state index contributed by atoms with van der Waals surface area (Å²) in [5, 5.41) is 12.7. The van der Waals surface area contributed by atoms with Crippen LogP contribution in [0, 0.1) is 0 Å². The van der Waals surface area contributed by atoms with Crippen LogP contribution in [0.15, 0.2) is 29.7 Å². The second-order valence-electron chi connectivity index (χ2n) is 5.17. The summed E-state index contributed by atoms with van der Waals surface area (Å²) in [5.41, 5.74) is -0.797. The van der Waals surface area contributed by atoms with Gasteiger partial charge in [-0.3, -0.25) is 0 Å². The molecule has 0 amide bonds. The van der Waals surface area contributed by atoms with Gasteiger partial charge in [0.05, 0.1) is 27.7 Å². The van der Waals surface area contributed by atoms with Crippen molar-refractivity contribution in [1.29, 1.82) is 0 Å². The van der Waals surface area contributed by atoms with E-state index in [1.165, 1.54) is 0 Å². The summed E-state index contributed by atoms with van der Waals surface area (Å²) in [5.74, 6) is 0. The van der Waals surface area contributed by atoms with Crippen LogP contribution in [-0.4, -0.2) is 37.3 Å². The Balaban J connectivity index is 2.82. The second kappa shape index (κ2) is 5.13. The Morgan fingerprint density at radius 1 is 1.44 bits per heavy atom.